The number of methoxy groups -OCH3 is 2. The summed E-state index contributed by atoms with van der Waals surface area (Å²) in [6.45, 7) is 8.45. The van der Waals surface area contributed by atoms with Crippen molar-refractivity contribution < 1.29 is 9.47 Å². The molecule has 0 saturated heterocycles. The molecule has 0 saturated carbocycles. The molecular weight excluding hydrogens is 410 g/mol. The summed E-state index contributed by atoms with van der Waals surface area (Å²) in [6, 6.07) is 7.90. The fraction of sp³-hybridized carbons (Fsp3) is 0.435. The zero-order valence-electron chi connectivity index (χ0n) is 18.6. The Morgan fingerprint density at radius 2 is 1.94 bits per heavy atom. The molecule has 0 radical (unpaired) electrons. The number of fused-ring (bicyclic) bond motifs is 2. The molecule has 8 heteroatoms. The molecule has 1 atom stereocenters. The van der Waals surface area contributed by atoms with Crippen LogP contribution >= 0.6 is 11.8 Å². The van der Waals surface area contributed by atoms with Gasteiger partial charge in [0.05, 0.1) is 20.8 Å². The number of nitrogens with two attached hydrogens (primary N) is 2. The van der Waals surface area contributed by atoms with E-state index in [-0.39, 0.29) is 6.04 Å². The molecule has 1 unspecified atom stereocenters. The summed E-state index contributed by atoms with van der Waals surface area (Å²) in [5.41, 5.74) is 16.4. The number of ether oxygens (including phenoxy) is 2. The first-order valence-corrected chi connectivity index (χ1v) is 11.5. The third kappa shape index (κ3) is 3.78. The maximum atomic E-state index is 6.42. The summed E-state index contributed by atoms with van der Waals surface area (Å²) >= 11 is 1.72. The smallest absolute Gasteiger partial charge is 0.145 e. The SMILES string of the molecule is CCN(CC)CCn1nc2c3c(c(C(N)CN)cc(OC)c31)Sc1ccc(OC)cc1-2. The van der Waals surface area contributed by atoms with Crippen molar-refractivity contribution in [3.63, 3.8) is 0 Å². The van der Waals surface area contributed by atoms with Gasteiger partial charge in [-0.2, -0.15) is 5.10 Å². The van der Waals surface area contributed by atoms with Gasteiger partial charge in [-0.3, -0.25) is 4.68 Å². The molecule has 4 N–H and O–H groups in total. The van der Waals surface area contributed by atoms with Crippen molar-refractivity contribution in [2.75, 3.05) is 40.4 Å². The van der Waals surface area contributed by atoms with E-state index in [1.165, 1.54) is 0 Å². The molecule has 2 heterocycles. The van der Waals surface area contributed by atoms with Crippen molar-refractivity contribution in [2.45, 2.75) is 36.2 Å². The predicted molar refractivity (Wildman–Crippen MR) is 126 cm³/mol. The number of rotatable bonds is 9. The van der Waals surface area contributed by atoms with Gasteiger partial charge in [0, 0.05) is 39.9 Å². The highest BCUT2D eigenvalue weighted by Crippen LogP contribution is 2.52. The highest BCUT2D eigenvalue weighted by molar-refractivity contribution is 7.99. The minimum absolute atomic E-state index is 0.271. The van der Waals surface area contributed by atoms with Crippen LogP contribution in [0.2, 0.25) is 0 Å². The lowest BCUT2D eigenvalue weighted by Gasteiger charge is -2.22. The van der Waals surface area contributed by atoms with Gasteiger partial charge in [-0.25, -0.2) is 0 Å². The number of hydrogen-bond acceptors (Lipinski definition) is 7. The molecular formula is C23H31N5O2S. The molecule has 4 rings (SSSR count). The first-order chi connectivity index (χ1) is 15.1. The van der Waals surface area contributed by atoms with E-state index in [1.54, 1.807) is 26.0 Å². The van der Waals surface area contributed by atoms with Gasteiger partial charge in [0.15, 0.2) is 0 Å². The minimum Gasteiger partial charge on any atom is -0.497 e. The highest BCUT2D eigenvalue weighted by Gasteiger charge is 2.30. The van der Waals surface area contributed by atoms with E-state index < -0.39 is 0 Å². The monoisotopic (exact) mass is 441 g/mol. The van der Waals surface area contributed by atoms with E-state index in [4.69, 9.17) is 26.0 Å². The molecule has 0 bridgehead atoms. The van der Waals surface area contributed by atoms with Gasteiger partial charge in [-0.1, -0.05) is 25.6 Å². The first-order valence-electron chi connectivity index (χ1n) is 10.7. The largest absolute Gasteiger partial charge is 0.497 e. The summed E-state index contributed by atoms with van der Waals surface area (Å²) in [7, 11) is 3.38. The second kappa shape index (κ2) is 9.08. The van der Waals surface area contributed by atoms with Crippen molar-refractivity contribution in [1.29, 1.82) is 0 Å². The normalized spacial score (nSPS) is 13.5. The van der Waals surface area contributed by atoms with Crippen LogP contribution in [0.15, 0.2) is 34.1 Å². The lowest BCUT2D eigenvalue weighted by atomic mass is 10.00. The van der Waals surface area contributed by atoms with E-state index in [0.29, 0.717) is 6.54 Å². The van der Waals surface area contributed by atoms with Crippen LogP contribution in [-0.4, -0.2) is 55.1 Å². The van der Waals surface area contributed by atoms with Crippen LogP contribution in [0, 0.1) is 0 Å². The first kappa shape index (κ1) is 22.0. The van der Waals surface area contributed by atoms with Gasteiger partial charge < -0.3 is 25.8 Å². The highest BCUT2D eigenvalue weighted by atomic mass is 32.2. The van der Waals surface area contributed by atoms with E-state index in [1.807, 2.05) is 12.1 Å². The van der Waals surface area contributed by atoms with Crippen LogP contribution in [0.3, 0.4) is 0 Å². The number of hydrogen-bond donors (Lipinski definition) is 2. The summed E-state index contributed by atoms with van der Waals surface area (Å²) in [4.78, 5) is 4.65. The Bertz CT molecular complexity index is 1090. The van der Waals surface area contributed by atoms with E-state index in [2.05, 4.69) is 35.6 Å². The molecule has 0 aliphatic carbocycles. The summed E-state index contributed by atoms with van der Waals surface area (Å²) in [5.74, 6) is 1.60. The molecule has 1 aliphatic heterocycles. The fourth-order valence-corrected chi connectivity index (χ4v) is 5.41. The van der Waals surface area contributed by atoms with Crippen LogP contribution in [0.25, 0.3) is 22.2 Å². The summed E-state index contributed by atoms with van der Waals surface area (Å²) < 4.78 is 13.4. The van der Waals surface area contributed by atoms with Crippen molar-refractivity contribution >= 4 is 22.7 Å². The third-order valence-electron chi connectivity index (χ3n) is 6.01. The number of benzene rings is 2. The van der Waals surface area contributed by atoms with Crippen LogP contribution < -0.4 is 20.9 Å². The van der Waals surface area contributed by atoms with Gasteiger partial charge in [0.25, 0.3) is 0 Å². The van der Waals surface area contributed by atoms with E-state index in [9.17, 15) is 0 Å². The lowest BCUT2D eigenvalue weighted by molar-refractivity contribution is 0.286. The molecule has 0 amide bonds. The average Bonchev–Trinajstić information content (AvgIpc) is 3.20. The Balaban J connectivity index is 1.97. The number of aromatic nitrogens is 2. The lowest BCUT2D eigenvalue weighted by Crippen LogP contribution is -2.27. The number of likely N-dealkylation sites (N-methyl/N-ethyl adjacent to an activating group) is 1. The zero-order valence-corrected chi connectivity index (χ0v) is 19.5. The Labute approximate surface area is 187 Å². The Morgan fingerprint density at radius 3 is 2.58 bits per heavy atom. The van der Waals surface area contributed by atoms with Gasteiger partial charge in [-0.05, 0) is 42.9 Å². The van der Waals surface area contributed by atoms with Crippen molar-refractivity contribution in [3.05, 3.63) is 29.8 Å². The van der Waals surface area contributed by atoms with Gasteiger partial charge in [0.1, 0.15) is 22.7 Å². The fourth-order valence-electron chi connectivity index (χ4n) is 4.16. The Kier molecular flexibility index (Phi) is 6.43. The molecule has 1 aromatic heterocycles. The minimum atomic E-state index is -0.271. The van der Waals surface area contributed by atoms with Crippen LogP contribution in [0.4, 0.5) is 0 Å². The summed E-state index contributed by atoms with van der Waals surface area (Å²) in [6.07, 6.45) is 0. The van der Waals surface area contributed by atoms with Gasteiger partial charge >= 0.3 is 0 Å². The average molecular weight is 442 g/mol. The molecule has 2 aromatic carbocycles. The van der Waals surface area contributed by atoms with Gasteiger partial charge in [-0.15, -0.1) is 0 Å². The maximum absolute atomic E-state index is 6.42. The maximum Gasteiger partial charge on any atom is 0.145 e. The molecule has 166 valence electrons. The predicted octanol–water partition coefficient (Wildman–Crippen LogP) is 3.49. The van der Waals surface area contributed by atoms with E-state index in [0.717, 1.165) is 75.2 Å². The van der Waals surface area contributed by atoms with Crippen molar-refractivity contribution in [3.8, 4) is 22.8 Å². The van der Waals surface area contributed by atoms with Gasteiger partial charge in [0.2, 0.25) is 0 Å². The van der Waals surface area contributed by atoms with Crippen molar-refractivity contribution in [1.82, 2.24) is 14.7 Å². The molecule has 3 aromatic rings. The van der Waals surface area contributed by atoms with E-state index >= 15 is 0 Å². The topological polar surface area (TPSA) is 91.6 Å². The molecule has 31 heavy (non-hydrogen) atoms. The quantitative estimate of drug-likeness (QED) is 0.411. The summed E-state index contributed by atoms with van der Waals surface area (Å²) in [5, 5.41) is 6.17. The molecule has 7 nitrogen and oxygen atoms in total. The van der Waals surface area contributed by atoms with Crippen molar-refractivity contribution in [2.24, 2.45) is 11.5 Å². The third-order valence-corrected chi connectivity index (χ3v) is 7.23. The molecule has 1 aliphatic rings. The standard InChI is InChI=1S/C23H31N5O2S/c1-5-27(6-2)9-10-28-22-18(30-4)12-15(17(25)13-24)23-20(22)21(26-28)16-11-14(29-3)7-8-19(16)31-23/h7-8,11-12,17H,5-6,9-10,13,24-25H2,1-4H3. The molecule has 0 fully saturated rings. The molecule has 0 spiro atoms. The van der Waals surface area contributed by atoms with Crippen LogP contribution in [-0.2, 0) is 6.54 Å². The van der Waals surface area contributed by atoms with Crippen LogP contribution in [0.5, 0.6) is 11.5 Å². The second-order valence-corrected chi connectivity index (χ2v) is 8.68. The Morgan fingerprint density at radius 1 is 1.16 bits per heavy atom. The Hall–Kier alpha value is -2.26. The van der Waals surface area contributed by atoms with Crippen LogP contribution in [0.1, 0.15) is 25.5 Å². The number of nitrogens with zero attached hydrogens (tertiary/aromatic N) is 3. The zero-order chi connectivity index (χ0) is 22.1. The second-order valence-electron chi connectivity index (χ2n) is 7.63.